The summed E-state index contributed by atoms with van der Waals surface area (Å²) in [4.78, 5) is 11.5. The first-order valence-corrected chi connectivity index (χ1v) is 7.51. The van der Waals surface area contributed by atoms with Crippen molar-refractivity contribution in [3.05, 3.63) is 57.6 Å². The summed E-state index contributed by atoms with van der Waals surface area (Å²) in [5, 5.41) is 9.42. The van der Waals surface area contributed by atoms with E-state index in [0.29, 0.717) is 5.56 Å². The lowest BCUT2D eigenvalue weighted by molar-refractivity contribution is 0.0697. The minimum atomic E-state index is -0.898. The van der Waals surface area contributed by atoms with Crippen LogP contribution in [0.5, 0.6) is 0 Å². The van der Waals surface area contributed by atoms with Gasteiger partial charge in [-0.3, -0.25) is 0 Å². The van der Waals surface area contributed by atoms with E-state index in [-0.39, 0.29) is 0 Å². The van der Waals surface area contributed by atoms with Gasteiger partial charge in [0, 0.05) is 4.47 Å². The Morgan fingerprint density at radius 1 is 1.05 bits per heavy atom. The minimum absolute atomic E-state index is 0.335. The molecule has 0 spiro atoms. The lowest BCUT2D eigenvalue weighted by Crippen LogP contribution is -2.01. The largest absolute Gasteiger partial charge is 0.478 e. The van der Waals surface area contributed by atoms with Crippen molar-refractivity contribution in [1.29, 1.82) is 0 Å². The van der Waals surface area contributed by atoms with E-state index in [2.05, 4.69) is 48.0 Å². The van der Waals surface area contributed by atoms with Gasteiger partial charge in [-0.1, -0.05) is 54.0 Å². The molecule has 0 heterocycles. The topological polar surface area (TPSA) is 37.3 Å². The molecule has 0 saturated heterocycles. The second-order valence-corrected chi connectivity index (χ2v) is 5.61. The quantitative estimate of drug-likeness (QED) is 0.860. The van der Waals surface area contributed by atoms with Crippen LogP contribution in [0.25, 0.3) is 11.1 Å². The van der Waals surface area contributed by atoms with Crippen LogP contribution in [0.3, 0.4) is 0 Å². The molecule has 0 radical (unpaired) electrons. The summed E-state index contributed by atoms with van der Waals surface area (Å²) < 4.78 is 0.781. The molecule has 3 heteroatoms. The van der Waals surface area contributed by atoms with E-state index in [0.717, 1.165) is 28.4 Å². The molecule has 20 heavy (non-hydrogen) atoms. The third kappa shape index (κ3) is 2.93. The first-order chi connectivity index (χ1) is 9.56. The van der Waals surface area contributed by atoms with Crippen LogP contribution in [0.15, 0.2) is 40.9 Å². The van der Waals surface area contributed by atoms with Crippen LogP contribution in [-0.4, -0.2) is 11.1 Å². The molecule has 0 aromatic heterocycles. The summed E-state index contributed by atoms with van der Waals surface area (Å²) in [7, 11) is 0. The zero-order valence-corrected chi connectivity index (χ0v) is 13.2. The van der Waals surface area contributed by atoms with Gasteiger partial charge in [-0.05, 0) is 47.2 Å². The fourth-order valence-corrected chi connectivity index (χ4v) is 2.69. The lowest BCUT2D eigenvalue weighted by atomic mass is 9.92. The van der Waals surface area contributed by atoms with Crippen LogP contribution < -0.4 is 0 Å². The molecule has 0 amide bonds. The van der Waals surface area contributed by atoms with Gasteiger partial charge in [0.25, 0.3) is 0 Å². The summed E-state index contributed by atoms with van der Waals surface area (Å²) in [6.07, 6.45) is 1.82. The Morgan fingerprint density at radius 2 is 1.80 bits per heavy atom. The molecule has 2 aromatic rings. The Morgan fingerprint density at radius 3 is 2.40 bits per heavy atom. The maximum Gasteiger partial charge on any atom is 0.336 e. The van der Waals surface area contributed by atoms with Gasteiger partial charge in [-0.2, -0.15) is 0 Å². The molecule has 0 aliphatic rings. The lowest BCUT2D eigenvalue weighted by Gasteiger charge is -2.13. The smallest absolute Gasteiger partial charge is 0.336 e. The van der Waals surface area contributed by atoms with E-state index >= 15 is 0 Å². The highest BCUT2D eigenvalue weighted by Crippen LogP contribution is 2.31. The van der Waals surface area contributed by atoms with Gasteiger partial charge in [-0.15, -0.1) is 0 Å². The number of rotatable bonds is 4. The van der Waals surface area contributed by atoms with E-state index in [1.807, 2.05) is 12.1 Å². The molecule has 0 bridgehead atoms. The van der Waals surface area contributed by atoms with Crippen molar-refractivity contribution in [2.75, 3.05) is 0 Å². The Balaban J connectivity index is 2.69. The average molecular weight is 333 g/mol. The molecule has 0 unspecified atom stereocenters. The van der Waals surface area contributed by atoms with E-state index in [1.54, 1.807) is 6.07 Å². The Labute approximate surface area is 127 Å². The van der Waals surface area contributed by atoms with Crippen molar-refractivity contribution in [3.8, 4) is 11.1 Å². The summed E-state index contributed by atoms with van der Waals surface area (Å²) in [6, 6.07) is 11.7. The fourth-order valence-electron chi connectivity index (χ4n) is 2.33. The first-order valence-electron chi connectivity index (χ1n) is 6.71. The van der Waals surface area contributed by atoms with Crippen molar-refractivity contribution in [3.63, 3.8) is 0 Å². The van der Waals surface area contributed by atoms with Crippen molar-refractivity contribution in [2.24, 2.45) is 0 Å². The van der Waals surface area contributed by atoms with Crippen molar-refractivity contribution in [1.82, 2.24) is 0 Å². The Hall–Kier alpha value is -1.61. The minimum Gasteiger partial charge on any atom is -0.478 e. The number of benzene rings is 2. The molecule has 0 atom stereocenters. The van der Waals surface area contributed by atoms with Crippen LogP contribution in [0.1, 0.15) is 35.3 Å². The molecule has 0 fully saturated rings. The zero-order chi connectivity index (χ0) is 14.7. The molecule has 2 nitrogen and oxygen atoms in total. The molecule has 104 valence electrons. The summed E-state index contributed by atoms with van der Waals surface area (Å²) in [5.41, 5.74) is 4.54. The van der Waals surface area contributed by atoms with Crippen LogP contribution in [0.4, 0.5) is 0 Å². The Bertz CT molecular complexity index is 647. The second kappa shape index (κ2) is 6.23. The summed E-state index contributed by atoms with van der Waals surface area (Å²) >= 11 is 3.34. The molecule has 0 aliphatic heterocycles. The predicted molar refractivity (Wildman–Crippen MR) is 85.3 cm³/mol. The van der Waals surface area contributed by atoms with Gasteiger partial charge < -0.3 is 5.11 Å². The molecule has 2 aromatic carbocycles. The molecule has 0 saturated carbocycles. The van der Waals surface area contributed by atoms with Gasteiger partial charge in [0.15, 0.2) is 0 Å². The highest BCUT2D eigenvalue weighted by atomic mass is 79.9. The van der Waals surface area contributed by atoms with E-state index < -0.39 is 5.97 Å². The van der Waals surface area contributed by atoms with E-state index in [4.69, 9.17) is 0 Å². The van der Waals surface area contributed by atoms with Gasteiger partial charge in [-0.25, -0.2) is 4.79 Å². The number of aromatic carboxylic acids is 1. The molecular formula is C17H17BrO2. The SMILES string of the molecule is CCc1ccc(CC)c(-c2ccc(Br)cc2C(=O)O)c1. The number of carboxylic acid groups (broad SMARTS) is 1. The predicted octanol–water partition coefficient (Wildman–Crippen LogP) is 4.94. The van der Waals surface area contributed by atoms with E-state index in [9.17, 15) is 9.90 Å². The third-order valence-corrected chi connectivity index (χ3v) is 3.96. The summed E-state index contributed by atoms with van der Waals surface area (Å²) in [6.45, 7) is 4.19. The Kier molecular flexibility index (Phi) is 4.61. The highest BCUT2D eigenvalue weighted by molar-refractivity contribution is 9.10. The zero-order valence-electron chi connectivity index (χ0n) is 11.6. The van der Waals surface area contributed by atoms with Crippen LogP contribution >= 0.6 is 15.9 Å². The maximum absolute atomic E-state index is 11.5. The molecule has 0 aliphatic carbocycles. The number of aryl methyl sites for hydroxylation is 2. The van der Waals surface area contributed by atoms with Gasteiger partial charge in [0.2, 0.25) is 0 Å². The number of carboxylic acids is 1. The first kappa shape index (κ1) is 14.8. The van der Waals surface area contributed by atoms with Crippen molar-refractivity contribution >= 4 is 21.9 Å². The highest BCUT2D eigenvalue weighted by Gasteiger charge is 2.15. The van der Waals surface area contributed by atoms with Crippen LogP contribution in [0.2, 0.25) is 0 Å². The second-order valence-electron chi connectivity index (χ2n) is 4.69. The standard InChI is InChI=1S/C17H17BrO2/c1-3-11-5-6-12(4-2)15(9-11)14-8-7-13(18)10-16(14)17(19)20/h5-10H,3-4H2,1-2H3,(H,19,20). The van der Waals surface area contributed by atoms with Crippen molar-refractivity contribution < 1.29 is 9.90 Å². The normalized spacial score (nSPS) is 10.6. The monoisotopic (exact) mass is 332 g/mol. The molecular weight excluding hydrogens is 316 g/mol. The molecule has 1 N–H and O–H groups in total. The number of hydrogen-bond acceptors (Lipinski definition) is 1. The third-order valence-electron chi connectivity index (χ3n) is 3.47. The van der Waals surface area contributed by atoms with Crippen LogP contribution in [0, 0.1) is 0 Å². The van der Waals surface area contributed by atoms with Crippen molar-refractivity contribution in [2.45, 2.75) is 26.7 Å². The van der Waals surface area contributed by atoms with Gasteiger partial charge in [0.1, 0.15) is 0 Å². The number of hydrogen-bond donors (Lipinski definition) is 1. The fraction of sp³-hybridized carbons (Fsp3) is 0.235. The van der Waals surface area contributed by atoms with Crippen LogP contribution in [-0.2, 0) is 12.8 Å². The van der Waals surface area contributed by atoms with E-state index in [1.165, 1.54) is 11.1 Å². The number of carbonyl (C=O) groups is 1. The summed E-state index contributed by atoms with van der Waals surface area (Å²) in [5.74, 6) is -0.898. The molecule has 2 rings (SSSR count). The maximum atomic E-state index is 11.5. The van der Waals surface area contributed by atoms with Gasteiger partial charge in [0.05, 0.1) is 5.56 Å². The van der Waals surface area contributed by atoms with Gasteiger partial charge >= 0.3 is 5.97 Å². The number of halogens is 1. The average Bonchev–Trinajstić information content (AvgIpc) is 2.46.